The van der Waals surface area contributed by atoms with Crippen molar-refractivity contribution in [2.45, 2.75) is 13.8 Å². The number of hydrogen-bond acceptors (Lipinski definition) is 0. The van der Waals surface area contributed by atoms with Crippen molar-refractivity contribution in [2.75, 3.05) is 0 Å². The first-order valence-corrected chi connectivity index (χ1v) is 11.1. The largest absolute Gasteiger partial charge is 1.00 e. The number of hydrogen-bond donors (Lipinski definition) is 0. The fourth-order valence-electron chi connectivity index (χ4n) is 3.19. The molecule has 0 amide bonds. The molecule has 2 heteroatoms. The number of benzene rings is 3. The van der Waals surface area contributed by atoms with Gasteiger partial charge in [-0.1, -0.05) is 78.4 Å². The SMILES string of the molecule is CC(C)=C/C=C/C=C/[P+](c1ccccc1)(c1ccccc1)c1ccccc1.[Br-]. The Morgan fingerprint density at radius 1 is 0.571 bits per heavy atom. The second kappa shape index (κ2) is 11.0. The molecule has 0 aliphatic rings. The van der Waals surface area contributed by atoms with Gasteiger partial charge in [0.2, 0.25) is 0 Å². The van der Waals surface area contributed by atoms with Gasteiger partial charge >= 0.3 is 0 Å². The van der Waals surface area contributed by atoms with E-state index in [2.05, 4.69) is 135 Å². The molecule has 0 bridgehead atoms. The lowest BCUT2D eigenvalue weighted by molar-refractivity contribution is -0.00000537. The maximum absolute atomic E-state index is 2.42. The fraction of sp³-hybridized carbons (Fsp3) is 0.0769. The number of allylic oxidation sites excluding steroid dienone is 5. The molecule has 0 radical (unpaired) electrons. The minimum atomic E-state index is -1.87. The molecular weight excluding hydrogens is 423 g/mol. The van der Waals surface area contributed by atoms with Crippen molar-refractivity contribution < 1.29 is 17.0 Å². The summed E-state index contributed by atoms with van der Waals surface area (Å²) in [6, 6.07) is 32.7. The zero-order valence-corrected chi connectivity index (χ0v) is 18.9. The lowest BCUT2D eigenvalue weighted by Crippen LogP contribution is -3.00. The maximum Gasteiger partial charge on any atom is 0.136 e. The van der Waals surface area contributed by atoms with Crippen molar-refractivity contribution in [3.8, 4) is 0 Å². The van der Waals surface area contributed by atoms with Crippen molar-refractivity contribution in [3.05, 3.63) is 127 Å². The first-order chi connectivity index (χ1) is 13.2. The molecule has 0 unspecified atom stereocenters. The van der Waals surface area contributed by atoms with Crippen molar-refractivity contribution in [1.29, 1.82) is 0 Å². The normalized spacial score (nSPS) is 11.4. The lowest BCUT2D eigenvalue weighted by Gasteiger charge is -2.23. The molecule has 0 saturated carbocycles. The van der Waals surface area contributed by atoms with Gasteiger partial charge in [-0.25, -0.2) is 0 Å². The third kappa shape index (κ3) is 5.19. The molecule has 0 aromatic heterocycles. The van der Waals surface area contributed by atoms with E-state index < -0.39 is 7.26 Å². The van der Waals surface area contributed by atoms with Gasteiger partial charge < -0.3 is 17.0 Å². The summed E-state index contributed by atoms with van der Waals surface area (Å²) in [7, 11) is -1.87. The van der Waals surface area contributed by atoms with Crippen molar-refractivity contribution in [2.24, 2.45) is 0 Å². The van der Waals surface area contributed by atoms with E-state index in [9.17, 15) is 0 Å². The lowest BCUT2D eigenvalue weighted by atomic mass is 10.3. The van der Waals surface area contributed by atoms with Crippen LogP contribution in [0.2, 0.25) is 0 Å². The van der Waals surface area contributed by atoms with Gasteiger partial charge in [0.1, 0.15) is 23.2 Å². The third-order valence-electron chi connectivity index (χ3n) is 4.45. The molecule has 0 atom stereocenters. The molecular formula is C26H26BrP. The summed E-state index contributed by atoms with van der Waals surface area (Å²) < 4.78 is 0. The van der Waals surface area contributed by atoms with Gasteiger partial charge in [0.25, 0.3) is 0 Å². The summed E-state index contributed by atoms with van der Waals surface area (Å²) in [4.78, 5) is 0. The van der Waals surface area contributed by atoms with E-state index >= 15 is 0 Å². The van der Waals surface area contributed by atoms with Gasteiger partial charge in [-0.15, -0.1) is 0 Å². The molecule has 0 fully saturated rings. The van der Waals surface area contributed by atoms with Crippen LogP contribution in [0.3, 0.4) is 0 Å². The minimum Gasteiger partial charge on any atom is -1.00 e. The Morgan fingerprint density at radius 3 is 1.32 bits per heavy atom. The van der Waals surface area contributed by atoms with Gasteiger partial charge in [0.15, 0.2) is 0 Å². The van der Waals surface area contributed by atoms with Crippen LogP contribution in [-0.2, 0) is 0 Å². The Bertz CT molecular complexity index is 825. The Hall–Kier alpha value is -2.21. The zero-order chi connectivity index (χ0) is 19.0. The molecule has 28 heavy (non-hydrogen) atoms. The Morgan fingerprint density at radius 2 is 0.964 bits per heavy atom. The van der Waals surface area contributed by atoms with E-state index in [4.69, 9.17) is 0 Å². The highest BCUT2D eigenvalue weighted by atomic mass is 79.9. The van der Waals surface area contributed by atoms with E-state index in [-0.39, 0.29) is 17.0 Å². The van der Waals surface area contributed by atoms with Crippen LogP contribution in [0.15, 0.2) is 127 Å². The van der Waals surface area contributed by atoms with Crippen LogP contribution in [-0.4, -0.2) is 0 Å². The summed E-state index contributed by atoms with van der Waals surface area (Å²) >= 11 is 0. The molecule has 0 heterocycles. The van der Waals surface area contributed by atoms with Gasteiger partial charge in [-0.05, 0) is 56.3 Å². The molecule has 0 nitrogen and oxygen atoms in total. The van der Waals surface area contributed by atoms with Crippen molar-refractivity contribution in [3.63, 3.8) is 0 Å². The first-order valence-electron chi connectivity index (χ1n) is 9.28. The molecule has 142 valence electrons. The molecule has 3 aromatic rings. The maximum atomic E-state index is 2.42. The summed E-state index contributed by atoms with van der Waals surface area (Å²) in [6.45, 7) is 4.23. The summed E-state index contributed by atoms with van der Waals surface area (Å²) in [5.41, 5.74) is 1.30. The predicted molar refractivity (Wildman–Crippen MR) is 123 cm³/mol. The monoisotopic (exact) mass is 448 g/mol. The van der Waals surface area contributed by atoms with Crippen molar-refractivity contribution >= 4 is 23.2 Å². The van der Waals surface area contributed by atoms with E-state index in [1.165, 1.54) is 21.5 Å². The fourth-order valence-corrected chi connectivity index (χ4v) is 6.88. The second-order valence-electron chi connectivity index (χ2n) is 6.70. The molecule has 3 rings (SSSR count). The van der Waals surface area contributed by atoms with Gasteiger partial charge in [0.05, 0.1) is 5.82 Å². The first kappa shape index (κ1) is 22.1. The van der Waals surface area contributed by atoms with Crippen molar-refractivity contribution in [1.82, 2.24) is 0 Å². The van der Waals surface area contributed by atoms with Crippen LogP contribution >= 0.6 is 7.26 Å². The van der Waals surface area contributed by atoms with E-state index in [1.807, 2.05) is 0 Å². The van der Waals surface area contributed by atoms with Gasteiger partial charge in [-0.3, -0.25) is 0 Å². The standard InChI is InChI=1S/C26H26P.BrH/c1-23(2)15-7-6-14-22-27(24-16-8-3-9-17-24,25-18-10-4-11-19-25)26-20-12-5-13-21-26;/h3-22H,1-2H3;1H/q+1;/p-1/b7-6+,22-14+;. The molecule has 0 aliphatic heterocycles. The van der Waals surface area contributed by atoms with Crippen LogP contribution in [0.5, 0.6) is 0 Å². The smallest absolute Gasteiger partial charge is 0.136 e. The van der Waals surface area contributed by atoms with Gasteiger partial charge in [0, 0.05) is 0 Å². The van der Waals surface area contributed by atoms with E-state index in [0.29, 0.717) is 0 Å². The molecule has 0 saturated heterocycles. The summed E-state index contributed by atoms with van der Waals surface area (Å²) in [5.74, 6) is 2.42. The average Bonchev–Trinajstić information content (AvgIpc) is 2.73. The number of halogens is 1. The minimum absolute atomic E-state index is 0. The van der Waals surface area contributed by atoms with Crippen LogP contribution in [0.25, 0.3) is 0 Å². The van der Waals surface area contributed by atoms with E-state index in [1.54, 1.807) is 0 Å². The van der Waals surface area contributed by atoms with Crippen LogP contribution in [0, 0.1) is 0 Å². The second-order valence-corrected chi connectivity index (χ2v) is 9.99. The number of rotatable bonds is 6. The topological polar surface area (TPSA) is 0 Å². The highest BCUT2D eigenvalue weighted by Gasteiger charge is 2.42. The molecule has 0 aliphatic carbocycles. The van der Waals surface area contributed by atoms with Crippen LogP contribution < -0.4 is 32.9 Å². The Balaban J connectivity index is 0.00000280. The summed E-state index contributed by atoms with van der Waals surface area (Å²) in [5, 5.41) is 4.11. The quantitative estimate of drug-likeness (QED) is 0.401. The average molecular weight is 449 g/mol. The zero-order valence-electron chi connectivity index (χ0n) is 16.4. The highest BCUT2D eigenvalue weighted by Crippen LogP contribution is 2.56. The third-order valence-corrected chi connectivity index (χ3v) is 8.41. The van der Waals surface area contributed by atoms with E-state index in [0.717, 1.165) is 0 Å². The predicted octanol–water partition coefficient (Wildman–Crippen LogP) is 3.02. The van der Waals surface area contributed by atoms with Crippen LogP contribution in [0.1, 0.15) is 13.8 Å². The molecule has 0 spiro atoms. The Kier molecular flexibility index (Phi) is 8.64. The Labute approximate surface area is 180 Å². The molecule has 0 N–H and O–H groups in total. The van der Waals surface area contributed by atoms with Gasteiger partial charge in [-0.2, -0.15) is 0 Å². The molecule has 3 aromatic carbocycles. The highest BCUT2D eigenvalue weighted by molar-refractivity contribution is 7.98. The van der Waals surface area contributed by atoms with Crippen LogP contribution in [0.4, 0.5) is 0 Å². The summed E-state index contributed by atoms with van der Waals surface area (Å²) in [6.07, 6.45) is 8.59.